The molecule has 2 aromatic heterocycles. The van der Waals surface area contributed by atoms with Crippen molar-refractivity contribution in [2.45, 2.75) is 44.6 Å². The highest BCUT2D eigenvalue weighted by Gasteiger charge is 2.27. The van der Waals surface area contributed by atoms with Gasteiger partial charge in [-0.2, -0.15) is 0 Å². The van der Waals surface area contributed by atoms with Gasteiger partial charge in [0.05, 0.1) is 0 Å². The van der Waals surface area contributed by atoms with Crippen LogP contribution in [0.4, 0.5) is 10.1 Å². The van der Waals surface area contributed by atoms with E-state index < -0.39 is 0 Å². The second-order valence-corrected chi connectivity index (χ2v) is 9.37. The first kappa shape index (κ1) is 22.4. The number of piperidine rings is 1. The number of nitrogens with zero attached hydrogens (tertiary/aromatic N) is 2. The van der Waals surface area contributed by atoms with Gasteiger partial charge in [0, 0.05) is 55.0 Å². The highest BCUT2D eigenvalue weighted by atomic mass is 19.1. The van der Waals surface area contributed by atoms with E-state index in [1.54, 1.807) is 18.3 Å². The number of halogens is 1. The molecule has 7 nitrogen and oxygen atoms in total. The first-order valence-electron chi connectivity index (χ1n) is 12.1. The number of likely N-dealkylation sites (tertiary alicyclic amines) is 1. The quantitative estimate of drug-likeness (QED) is 0.464. The summed E-state index contributed by atoms with van der Waals surface area (Å²) in [6, 6.07) is 7.93. The summed E-state index contributed by atoms with van der Waals surface area (Å²) >= 11 is 0. The lowest BCUT2D eigenvalue weighted by Gasteiger charge is -2.31. The number of anilines is 1. The molecule has 0 radical (unpaired) electrons. The van der Waals surface area contributed by atoms with Gasteiger partial charge in [0.1, 0.15) is 17.6 Å². The van der Waals surface area contributed by atoms with E-state index in [9.17, 15) is 14.0 Å². The van der Waals surface area contributed by atoms with Crippen LogP contribution in [0.2, 0.25) is 0 Å². The van der Waals surface area contributed by atoms with E-state index in [0.29, 0.717) is 24.6 Å². The smallest absolute Gasteiger partial charge is 0.270 e. The second-order valence-electron chi connectivity index (χ2n) is 9.37. The van der Waals surface area contributed by atoms with Crippen molar-refractivity contribution in [2.24, 2.45) is 5.92 Å². The predicted octanol–water partition coefficient (Wildman–Crippen LogP) is 3.88. The summed E-state index contributed by atoms with van der Waals surface area (Å²) in [5.74, 6) is 0.332. The summed E-state index contributed by atoms with van der Waals surface area (Å²) in [6.07, 6.45) is 9.35. The van der Waals surface area contributed by atoms with E-state index in [-0.39, 0.29) is 23.7 Å². The van der Waals surface area contributed by atoms with Gasteiger partial charge >= 0.3 is 0 Å². The summed E-state index contributed by atoms with van der Waals surface area (Å²) in [5, 5.41) is 7.03. The number of pyridine rings is 1. The largest absolute Gasteiger partial charge is 0.373 e. The normalized spacial score (nSPS) is 18.0. The summed E-state index contributed by atoms with van der Waals surface area (Å²) < 4.78 is 13.4. The van der Waals surface area contributed by atoms with Gasteiger partial charge < -0.3 is 20.5 Å². The van der Waals surface area contributed by atoms with Gasteiger partial charge in [-0.3, -0.25) is 14.6 Å². The van der Waals surface area contributed by atoms with E-state index in [4.69, 9.17) is 0 Å². The molecular weight excluding hydrogens is 433 g/mol. The Morgan fingerprint density at radius 3 is 2.82 bits per heavy atom. The fraction of sp³-hybridized carbons (Fsp3) is 0.423. The van der Waals surface area contributed by atoms with E-state index in [1.807, 2.05) is 17.2 Å². The Hall–Kier alpha value is -3.42. The maximum Gasteiger partial charge on any atom is 0.270 e. The zero-order valence-electron chi connectivity index (χ0n) is 19.1. The van der Waals surface area contributed by atoms with Crippen molar-refractivity contribution >= 4 is 28.4 Å². The molecule has 2 amide bonds. The lowest BCUT2D eigenvalue weighted by atomic mass is 9.91. The van der Waals surface area contributed by atoms with Crippen LogP contribution in [0.25, 0.3) is 10.9 Å². The van der Waals surface area contributed by atoms with Crippen LogP contribution in [-0.2, 0) is 11.2 Å². The number of rotatable bonds is 7. The molecule has 34 heavy (non-hydrogen) atoms. The van der Waals surface area contributed by atoms with Crippen molar-refractivity contribution < 1.29 is 14.0 Å². The topological polar surface area (TPSA) is 90.1 Å². The molecule has 178 valence electrons. The maximum atomic E-state index is 13.4. The third-order valence-electron chi connectivity index (χ3n) is 7.03. The van der Waals surface area contributed by atoms with E-state index in [1.165, 1.54) is 12.1 Å². The van der Waals surface area contributed by atoms with Crippen LogP contribution >= 0.6 is 0 Å². The van der Waals surface area contributed by atoms with Crippen molar-refractivity contribution in [1.29, 1.82) is 0 Å². The molecule has 2 aliphatic rings. The Morgan fingerprint density at radius 1 is 1.15 bits per heavy atom. The molecule has 3 N–H and O–H groups in total. The van der Waals surface area contributed by atoms with Crippen molar-refractivity contribution in [1.82, 2.24) is 20.2 Å². The van der Waals surface area contributed by atoms with Gasteiger partial charge in [-0.15, -0.1) is 0 Å². The number of aromatic amines is 1. The van der Waals surface area contributed by atoms with Gasteiger partial charge in [0.2, 0.25) is 5.91 Å². The monoisotopic (exact) mass is 463 g/mol. The molecule has 2 aliphatic heterocycles. The molecule has 1 aromatic carbocycles. The van der Waals surface area contributed by atoms with Crippen LogP contribution < -0.4 is 10.6 Å². The number of unbranched alkanes of at least 4 members (excludes halogenated alkanes) is 1. The zero-order valence-corrected chi connectivity index (χ0v) is 19.1. The number of H-pyrrole nitrogens is 1. The minimum atomic E-state index is -0.302. The van der Waals surface area contributed by atoms with Crippen molar-refractivity contribution in [3.63, 3.8) is 0 Å². The first-order valence-corrected chi connectivity index (χ1v) is 12.1. The summed E-state index contributed by atoms with van der Waals surface area (Å²) in [7, 11) is 0. The summed E-state index contributed by atoms with van der Waals surface area (Å²) in [5.41, 5.74) is 3.38. The third kappa shape index (κ3) is 4.90. The third-order valence-corrected chi connectivity index (χ3v) is 7.03. The summed E-state index contributed by atoms with van der Waals surface area (Å²) in [4.78, 5) is 34.4. The number of nitrogens with one attached hydrogen (secondary N) is 3. The van der Waals surface area contributed by atoms with E-state index in [2.05, 4.69) is 20.6 Å². The molecule has 3 aromatic rings. The van der Waals surface area contributed by atoms with Gasteiger partial charge in [-0.05, 0) is 61.1 Å². The van der Waals surface area contributed by atoms with Crippen LogP contribution in [0.5, 0.6) is 0 Å². The van der Waals surface area contributed by atoms with Gasteiger partial charge in [-0.1, -0.05) is 12.8 Å². The molecule has 1 unspecified atom stereocenters. The van der Waals surface area contributed by atoms with Gasteiger partial charge in [0.15, 0.2) is 0 Å². The lowest BCUT2D eigenvalue weighted by Crippen LogP contribution is -2.39. The molecule has 0 spiro atoms. The van der Waals surface area contributed by atoms with Gasteiger partial charge in [-0.25, -0.2) is 4.39 Å². The molecule has 0 saturated carbocycles. The molecular formula is C26H30FN5O2. The Kier molecular flexibility index (Phi) is 6.47. The number of amides is 2. The number of hydrogen-bond donors (Lipinski definition) is 3. The lowest BCUT2D eigenvalue weighted by molar-refractivity contribution is -0.121. The van der Waals surface area contributed by atoms with Crippen LogP contribution in [0, 0.1) is 11.7 Å². The average Bonchev–Trinajstić information content (AvgIpc) is 3.47. The highest BCUT2D eigenvalue weighted by molar-refractivity contribution is 5.98. The molecule has 8 heteroatoms. The molecule has 4 heterocycles. The van der Waals surface area contributed by atoms with Crippen LogP contribution in [0.1, 0.15) is 48.2 Å². The van der Waals surface area contributed by atoms with Crippen molar-refractivity contribution in [2.75, 3.05) is 25.0 Å². The second kappa shape index (κ2) is 9.83. The fourth-order valence-corrected chi connectivity index (χ4v) is 5.05. The molecule has 0 aliphatic carbocycles. The first-order chi connectivity index (χ1) is 16.6. The highest BCUT2D eigenvalue weighted by Crippen LogP contribution is 2.26. The van der Waals surface area contributed by atoms with E-state index in [0.717, 1.165) is 67.3 Å². The van der Waals surface area contributed by atoms with Crippen molar-refractivity contribution in [3.8, 4) is 0 Å². The molecule has 1 atom stereocenters. The zero-order chi connectivity index (χ0) is 23.5. The Bertz CT molecular complexity index is 1160. The molecule has 0 bridgehead atoms. The SMILES string of the molecule is O=C(NCCCCC1CCN(C(=O)c2cc3cc(F)ccc3[nH]2)CC1)C1Cc2cnccc2N1. The number of fused-ring (bicyclic) bond motifs is 2. The average molecular weight is 464 g/mol. The van der Waals surface area contributed by atoms with Crippen LogP contribution in [-0.4, -0.2) is 52.4 Å². The molecule has 1 fully saturated rings. The van der Waals surface area contributed by atoms with Crippen molar-refractivity contribution in [3.05, 3.63) is 59.8 Å². The number of carbonyl (C=O) groups is 2. The predicted molar refractivity (Wildman–Crippen MR) is 129 cm³/mol. The molecule has 1 saturated heterocycles. The minimum Gasteiger partial charge on any atom is -0.373 e. The molecule has 5 rings (SSSR count). The Balaban J connectivity index is 0.993. The number of benzene rings is 1. The van der Waals surface area contributed by atoms with Crippen LogP contribution in [0.15, 0.2) is 42.7 Å². The fourth-order valence-electron chi connectivity index (χ4n) is 5.05. The van der Waals surface area contributed by atoms with E-state index >= 15 is 0 Å². The maximum absolute atomic E-state index is 13.4. The number of aromatic nitrogens is 2. The number of carbonyl (C=O) groups excluding carboxylic acids is 2. The Morgan fingerprint density at radius 2 is 2.00 bits per heavy atom. The standard InChI is InChI=1S/C26H30FN5O2/c27-20-4-5-21-18(13-20)14-24(31-21)26(34)32-11-7-17(8-12-32)3-1-2-9-29-25(33)23-15-19-16-28-10-6-22(19)30-23/h4-6,10,13-14,16-17,23,30-31H,1-3,7-9,11-12,15H2,(H,29,33). The summed E-state index contributed by atoms with van der Waals surface area (Å²) in [6.45, 7) is 2.17. The van der Waals surface area contributed by atoms with Gasteiger partial charge in [0.25, 0.3) is 5.91 Å². The minimum absolute atomic E-state index is 0.0174. The number of hydrogen-bond acceptors (Lipinski definition) is 4. The van der Waals surface area contributed by atoms with Crippen LogP contribution in [0.3, 0.4) is 0 Å². The Labute approximate surface area is 198 Å².